The summed E-state index contributed by atoms with van der Waals surface area (Å²) < 4.78 is 0. The lowest BCUT2D eigenvalue weighted by Gasteiger charge is -2.04. The molecule has 1 aliphatic rings. The first-order chi connectivity index (χ1) is 9.83. The third-order valence-electron chi connectivity index (χ3n) is 3.84. The Bertz CT molecular complexity index is 800. The highest BCUT2D eigenvalue weighted by Crippen LogP contribution is 2.37. The zero-order valence-electron chi connectivity index (χ0n) is 10.8. The zero-order valence-corrected chi connectivity index (χ0v) is 11.6. The van der Waals surface area contributed by atoms with E-state index < -0.39 is 0 Å². The summed E-state index contributed by atoms with van der Waals surface area (Å²) in [6.45, 7) is 0. The van der Waals surface area contributed by atoms with Crippen LogP contribution in [0.5, 0.6) is 0 Å². The molecule has 0 bridgehead atoms. The van der Waals surface area contributed by atoms with Crippen LogP contribution in [0.4, 0.5) is 0 Å². The van der Waals surface area contributed by atoms with Crippen molar-refractivity contribution in [3.8, 4) is 11.1 Å². The number of fused-ring (bicyclic) bond motifs is 3. The first-order valence-corrected chi connectivity index (χ1v) is 7.55. The van der Waals surface area contributed by atoms with E-state index in [2.05, 4.69) is 30.3 Å². The Balaban J connectivity index is 1.82. The molecule has 2 aromatic carbocycles. The minimum Gasteiger partial charge on any atom is -0.289 e. The van der Waals surface area contributed by atoms with E-state index in [1.165, 1.54) is 22.3 Å². The van der Waals surface area contributed by atoms with E-state index in [-0.39, 0.29) is 5.78 Å². The fourth-order valence-electron chi connectivity index (χ4n) is 2.83. The molecular weight excluding hydrogens is 264 g/mol. The van der Waals surface area contributed by atoms with Gasteiger partial charge in [-0.2, -0.15) is 11.3 Å². The molecule has 0 radical (unpaired) electrons. The van der Waals surface area contributed by atoms with Gasteiger partial charge in [0, 0.05) is 16.5 Å². The Labute approximate surface area is 121 Å². The van der Waals surface area contributed by atoms with Crippen molar-refractivity contribution in [1.29, 1.82) is 0 Å². The molecule has 0 amide bonds. The van der Waals surface area contributed by atoms with Gasteiger partial charge in [0.05, 0.1) is 0 Å². The number of hydrogen-bond acceptors (Lipinski definition) is 2. The highest BCUT2D eigenvalue weighted by molar-refractivity contribution is 7.08. The van der Waals surface area contributed by atoms with Crippen LogP contribution in [-0.2, 0) is 6.42 Å². The monoisotopic (exact) mass is 276 g/mol. The molecule has 1 aliphatic carbocycles. The van der Waals surface area contributed by atoms with Gasteiger partial charge in [-0.15, -0.1) is 0 Å². The van der Waals surface area contributed by atoms with Crippen molar-refractivity contribution in [1.82, 2.24) is 0 Å². The van der Waals surface area contributed by atoms with Crippen LogP contribution in [-0.4, -0.2) is 5.78 Å². The molecule has 0 fully saturated rings. The van der Waals surface area contributed by atoms with Gasteiger partial charge >= 0.3 is 0 Å². The summed E-state index contributed by atoms with van der Waals surface area (Å²) in [6.07, 6.45) is 0.971. The van der Waals surface area contributed by atoms with Gasteiger partial charge in [-0.25, -0.2) is 0 Å². The van der Waals surface area contributed by atoms with Crippen molar-refractivity contribution in [3.05, 3.63) is 81.5 Å². The second-order valence-corrected chi connectivity index (χ2v) is 5.83. The highest BCUT2D eigenvalue weighted by atomic mass is 32.1. The third kappa shape index (κ3) is 1.73. The quantitative estimate of drug-likeness (QED) is 0.491. The molecule has 1 aromatic heterocycles. The predicted octanol–water partition coefficient (Wildman–Crippen LogP) is 4.55. The number of benzene rings is 2. The van der Waals surface area contributed by atoms with Gasteiger partial charge < -0.3 is 0 Å². The lowest BCUT2D eigenvalue weighted by atomic mass is 9.99. The highest BCUT2D eigenvalue weighted by Gasteiger charge is 2.19. The van der Waals surface area contributed by atoms with Crippen LogP contribution in [0, 0.1) is 0 Å². The van der Waals surface area contributed by atoms with Crippen molar-refractivity contribution in [3.63, 3.8) is 0 Å². The van der Waals surface area contributed by atoms with Gasteiger partial charge in [0.2, 0.25) is 0 Å². The minimum atomic E-state index is 0.110. The lowest BCUT2D eigenvalue weighted by molar-refractivity contribution is 0.103. The number of ketones is 1. The number of carbonyl (C=O) groups is 1. The van der Waals surface area contributed by atoms with Crippen LogP contribution in [0.25, 0.3) is 11.1 Å². The molecule has 0 unspecified atom stereocenters. The van der Waals surface area contributed by atoms with Crippen molar-refractivity contribution in [2.75, 3.05) is 0 Å². The minimum absolute atomic E-state index is 0.110. The van der Waals surface area contributed by atoms with Crippen LogP contribution >= 0.6 is 11.3 Å². The molecule has 0 spiro atoms. The second kappa shape index (κ2) is 4.43. The van der Waals surface area contributed by atoms with E-state index in [0.29, 0.717) is 0 Å². The molecular formula is C18H12OS. The molecule has 0 saturated heterocycles. The first kappa shape index (κ1) is 11.6. The van der Waals surface area contributed by atoms with Gasteiger partial charge in [0.25, 0.3) is 0 Å². The topological polar surface area (TPSA) is 17.1 Å². The molecule has 20 heavy (non-hydrogen) atoms. The van der Waals surface area contributed by atoms with Gasteiger partial charge in [-0.05, 0) is 46.2 Å². The largest absolute Gasteiger partial charge is 0.289 e. The Morgan fingerprint density at radius 2 is 1.75 bits per heavy atom. The maximum absolute atomic E-state index is 12.4. The molecule has 3 aromatic rings. The molecule has 1 heterocycles. The average Bonchev–Trinajstić information content (AvgIpc) is 3.13. The van der Waals surface area contributed by atoms with Gasteiger partial charge in [0.15, 0.2) is 5.78 Å². The Hall–Kier alpha value is -2.19. The van der Waals surface area contributed by atoms with Crippen LogP contribution < -0.4 is 0 Å². The molecule has 0 atom stereocenters. The molecule has 4 rings (SSSR count). The zero-order chi connectivity index (χ0) is 13.5. The second-order valence-electron chi connectivity index (χ2n) is 5.05. The molecule has 1 nitrogen and oxygen atoms in total. The fourth-order valence-corrected chi connectivity index (χ4v) is 3.46. The third-order valence-corrected chi connectivity index (χ3v) is 4.53. The van der Waals surface area contributed by atoms with Crippen molar-refractivity contribution >= 4 is 17.1 Å². The number of hydrogen-bond donors (Lipinski definition) is 0. The molecule has 0 N–H and O–H groups in total. The number of carbonyl (C=O) groups excluding carboxylic acids is 1. The van der Waals surface area contributed by atoms with Crippen LogP contribution in [0.1, 0.15) is 27.0 Å². The Kier molecular flexibility index (Phi) is 2.57. The van der Waals surface area contributed by atoms with Crippen LogP contribution in [0.15, 0.2) is 59.3 Å². The summed E-state index contributed by atoms with van der Waals surface area (Å²) in [5, 5.41) is 3.85. The van der Waals surface area contributed by atoms with E-state index in [1.807, 2.05) is 29.0 Å². The van der Waals surface area contributed by atoms with Crippen molar-refractivity contribution in [2.45, 2.75) is 6.42 Å². The standard InChI is InChI=1S/C18H12OS/c19-18(15-7-8-20-11-15)14-6-5-13-9-12-3-1-2-4-16(12)17(13)10-14/h1-8,10-11H,9H2. The SMILES string of the molecule is O=C(c1ccsc1)c1ccc2c(c1)-c1ccccc1C2. The van der Waals surface area contributed by atoms with E-state index >= 15 is 0 Å². The summed E-state index contributed by atoms with van der Waals surface area (Å²) in [5.74, 6) is 0.110. The average molecular weight is 276 g/mol. The first-order valence-electron chi connectivity index (χ1n) is 6.61. The molecule has 2 heteroatoms. The van der Waals surface area contributed by atoms with Crippen molar-refractivity contribution in [2.24, 2.45) is 0 Å². The van der Waals surface area contributed by atoms with Crippen molar-refractivity contribution < 1.29 is 4.79 Å². The maximum atomic E-state index is 12.4. The van der Waals surface area contributed by atoms with E-state index in [1.54, 1.807) is 11.3 Å². The molecule has 0 aliphatic heterocycles. The summed E-state index contributed by atoms with van der Waals surface area (Å²) >= 11 is 1.56. The Morgan fingerprint density at radius 1 is 0.900 bits per heavy atom. The summed E-state index contributed by atoms with van der Waals surface area (Å²) in [6, 6.07) is 16.4. The normalized spacial score (nSPS) is 12.0. The summed E-state index contributed by atoms with van der Waals surface area (Å²) in [7, 11) is 0. The van der Waals surface area contributed by atoms with Crippen LogP contribution in [0.3, 0.4) is 0 Å². The molecule has 96 valence electrons. The van der Waals surface area contributed by atoms with E-state index in [9.17, 15) is 4.79 Å². The van der Waals surface area contributed by atoms with Crippen LogP contribution in [0.2, 0.25) is 0 Å². The lowest BCUT2D eigenvalue weighted by Crippen LogP contribution is -1.99. The number of thiophene rings is 1. The van der Waals surface area contributed by atoms with Gasteiger partial charge in [-0.3, -0.25) is 4.79 Å². The maximum Gasteiger partial charge on any atom is 0.193 e. The molecule has 0 saturated carbocycles. The van der Waals surface area contributed by atoms with Gasteiger partial charge in [-0.1, -0.05) is 36.4 Å². The number of rotatable bonds is 2. The van der Waals surface area contributed by atoms with Gasteiger partial charge in [0.1, 0.15) is 0 Å². The van der Waals surface area contributed by atoms with E-state index in [4.69, 9.17) is 0 Å². The summed E-state index contributed by atoms with van der Waals surface area (Å²) in [4.78, 5) is 12.4. The summed E-state index contributed by atoms with van der Waals surface area (Å²) in [5.41, 5.74) is 6.69. The Morgan fingerprint density at radius 3 is 2.60 bits per heavy atom. The van der Waals surface area contributed by atoms with E-state index in [0.717, 1.165) is 17.5 Å². The predicted molar refractivity (Wildman–Crippen MR) is 82.4 cm³/mol. The smallest absolute Gasteiger partial charge is 0.193 e. The fraction of sp³-hybridized carbons (Fsp3) is 0.0556.